The van der Waals surface area contributed by atoms with Crippen molar-refractivity contribution in [1.29, 1.82) is 0 Å². The summed E-state index contributed by atoms with van der Waals surface area (Å²) in [6.07, 6.45) is -3.03. The molecule has 0 aliphatic carbocycles. The van der Waals surface area contributed by atoms with E-state index in [1.54, 1.807) is 24.3 Å². The predicted molar refractivity (Wildman–Crippen MR) is 101 cm³/mol. The first kappa shape index (κ1) is 19.8. The van der Waals surface area contributed by atoms with E-state index in [1.807, 2.05) is 13.0 Å². The van der Waals surface area contributed by atoms with Gasteiger partial charge >= 0.3 is 6.18 Å². The molecule has 1 amide bonds. The monoisotopic (exact) mass is 405 g/mol. The van der Waals surface area contributed by atoms with E-state index in [2.05, 4.69) is 15.3 Å². The molecule has 0 aliphatic rings. The lowest BCUT2D eigenvalue weighted by molar-refractivity contribution is -0.141. The number of nitrogens with zero attached hydrogens (tertiary/aromatic N) is 2. The summed E-state index contributed by atoms with van der Waals surface area (Å²) in [6, 6.07) is 10.7. The van der Waals surface area contributed by atoms with Crippen LogP contribution in [0.3, 0.4) is 0 Å². The van der Waals surface area contributed by atoms with Gasteiger partial charge in [0.2, 0.25) is 0 Å². The fourth-order valence-electron chi connectivity index (χ4n) is 2.67. The number of carbonyl (C=O) groups is 1. The molecule has 28 heavy (non-hydrogen) atoms. The van der Waals surface area contributed by atoms with Gasteiger partial charge in [0.05, 0.1) is 22.0 Å². The summed E-state index contributed by atoms with van der Waals surface area (Å²) in [5, 5.41) is 3.20. The lowest BCUT2D eigenvalue weighted by Gasteiger charge is -2.12. The molecule has 0 fully saturated rings. The average molecular weight is 406 g/mol. The van der Waals surface area contributed by atoms with Crippen molar-refractivity contribution >= 4 is 23.2 Å². The van der Waals surface area contributed by atoms with E-state index < -0.39 is 17.8 Å². The highest BCUT2D eigenvalue weighted by atomic mass is 35.5. The van der Waals surface area contributed by atoms with Crippen LogP contribution in [0, 0.1) is 13.8 Å². The smallest absolute Gasteiger partial charge is 0.322 e. The fourth-order valence-corrected chi connectivity index (χ4v) is 2.78. The summed E-state index contributed by atoms with van der Waals surface area (Å²) in [4.78, 5) is 20.3. The summed E-state index contributed by atoms with van der Waals surface area (Å²) in [7, 11) is 0. The van der Waals surface area contributed by atoms with Crippen molar-refractivity contribution in [2.24, 2.45) is 0 Å². The van der Waals surface area contributed by atoms with E-state index in [4.69, 9.17) is 11.6 Å². The molecule has 3 rings (SSSR count). The number of pyridine rings is 2. The van der Waals surface area contributed by atoms with Gasteiger partial charge in [0.1, 0.15) is 5.69 Å². The molecular weight excluding hydrogens is 391 g/mol. The Morgan fingerprint density at radius 1 is 1.07 bits per heavy atom. The van der Waals surface area contributed by atoms with E-state index in [9.17, 15) is 18.0 Å². The number of alkyl halides is 3. The highest BCUT2D eigenvalue weighted by molar-refractivity contribution is 6.30. The molecule has 0 spiro atoms. The minimum atomic E-state index is -4.56. The number of amides is 1. The molecule has 2 aromatic heterocycles. The standard InChI is InChI=1S/C20H15ClF3N3O/c1-11-3-5-14(9-16(11)17-7-4-13(21)10-25-17)27-19(28)15-6-8-18(20(22,23)24)26-12(15)2/h3-10H,1-2H3,(H,27,28). The number of hydrogen-bond donors (Lipinski definition) is 1. The van der Waals surface area contributed by atoms with Crippen molar-refractivity contribution in [3.8, 4) is 11.3 Å². The Morgan fingerprint density at radius 3 is 2.43 bits per heavy atom. The maximum atomic E-state index is 12.7. The first-order valence-corrected chi connectivity index (χ1v) is 8.62. The van der Waals surface area contributed by atoms with E-state index in [0.717, 1.165) is 23.3 Å². The largest absolute Gasteiger partial charge is 0.433 e. The molecule has 1 aromatic carbocycles. The van der Waals surface area contributed by atoms with Crippen LogP contribution in [0.15, 0.2) is 48.7 Å². The number of aromatic nitrogens is 2. The van der Waals surface area contributed by atoms with Crippen molar-refractivity contribution in [2.75, 3.05) is 5.32 Å². The van der Waals surface area contributed by atoms with Crippen LogP contribution in [-0.4, -0.2) is 15.9 Å². The van der Waals surface area contributed by atoms with Crippen molar-refractivity contribution in [2.45, 2.75) is 20.0 Å². The maximum absolute atomic E-state index is 12.7. The van der Waals surface area contributed by atoms with Crippen molar-refractivity contribution in [1.82, 2.24) is 9.97 Å². The third-order valence-electron chi connectivity index (χ3n) is 4.12. The summed E-state index contributed by atoms with van der Waals surface area (Å²) < 4.78 is 38.2. The first-order chi connectivity index (χ1) is 13.1. The maximum Gasteiger partial charge on any atom is 0.433 e. The number of nitrogens with one attached hydrogen (secondary N) is 1. The zero-order valence-corrected chi connectivity index (χ0v) is 15.7. The molecule has 144 valence electrons. The number of aryl methyl sites for hydroxylation is 2. The van der Waals surface area contributed by atoms with Gasteiger partial charge in [-0.3, -0.25) is 9.78 Å². The number of hydrogen-bond acceptors (Lipinski definition) is 3. The normalized spacial score (nSPS) is 11.4. The average Bonchev–Trinajstić information content (AvgIpc) is 2.63. The van der Waals surface area contributed by atoms with Crippen molar-refractivity contribution in [3.63, 3.8) is 0 Å². The van der Waals surface area contributed by atoms with Crippen LogP contribution in [0.1, 0.15) is 27.3 Å². The van der Waals surface area contributed by atoms with Gasteiger partial charge in [-0.2, -0.15) is 13.2 Å². The third kappa shape index (κ3) is 4.31. The van der Waals surface area contributed by atoms with Crippen LogP contribution in [0.25, 0.3) is 11.3 Å². The van der Waals surface area contributed by atoms with Gasteiger partial charge in [0.15, 0.2) is 0 Å². The first-order valence-electron chi connectivity index (χ1n) is 8.24. The van der Waals surface area contributed by atoms with E-state index in [0.29, 0.717) is 16.4 Å². The number of halogens is 4. The van der Waals surface area contributed by atoms with Crippen molar-refractivity contribution < 1.29 is 18.0 Å². The number of benzene rings is 1. The van der Waals surface area contributed by atoms with Gasteiger partial charge in [-0.05, 0) is 55.8 Å². The quantitative estimate of drug-likeness (QED) is 0.609. The molecule has 0 atom stereocenters. The van der Waals surface area contributed by atoms with Gasteiger partial charge in [-0.25, -0.2) is 4.98 Å². The second kappa shape index (κ2) is 7.59. The lowest BCUT2D eigenvalue weighted by Crippen LogP contribution is -2.16. The Hall–Kier alpha value is -2.93. The van der Waals surface area contributed by atoms with Crippen LogP contribution in [0.4, 0.5) is 18.9 Å². The van der Waals surface area contributed by atoms with Gasteiger partial charge in [-0.15, -0.1) is 0 Å². The van der Waals surface area contributed by atoms with Gasteiger partial charge < -0.3 is 5.32 Å². The summed E-state index contributed by atoms with van der Waals surface area (Å²) in [5.41, 5.74) is 1.95. The molecule has 0 saturated heterocycles. The minimum absolute atomic E-state index is 0.000900. The Balaban J connectivity index is 1.87. The summed E-state index contributed by atoms with van der Waals surface area (Å²) >= 11 is 5.87. The molecular formula is C20H15ClF3N3O. The highest BCUT2D eigenvalue weighted by Gasteiger charge is 2.33. The van der Waals surface area contributed by atoms with Crippen LogP contribution in [0.5, 0.6) is 0 Å². The zero-order valence-electron chi connectivity index (χ0n) is 14.9. The van der Waals surface area contributed by atoms with Gasteiger partial charge in [-0.1, -0.05) is 17.7 Å². The third-order valence-corrected chi connectivity index (χ3v) is 4.34. The molecule has 4 nitrogen and oxygen atoms in total. The second-order valence-corrected chi connectivity index (χ2v) is 6.61. The fraction of sp³-hybridized carbons (Fsp3) is 0.150. The van der Waals surface area contributed by atoms with E-state index in [-0.39, 0.29) is 11.3 Å². The minimum Gasteiger partial charge on any atom is -0.322 e. The Morgan fingerprint density at radius 2 is 1.82 bits per heavy atom. The molecule has 0 unspecified atom stereocenters. The van der Waals surface area contributed by atoms with E-state index in [1.165, 1.54) is 13.1 Å². The zero-order chi connectivity index (χ0) is 20.5. The van der Waals surface area contributed by atoms with Crippen LogP contribution >= 0.6 is 11.6 Å². The van der Waals surface area contributed by atoms with Crippen LogP contribution in [0.2, 0.25) is 5.02 Å². The molecule has 3 aromatic rings. The Kier molecular flexibility index (Phi) is 5.38. The molecule has 1 N–H and O–H groups in total. The van der Waals surface area contributed by atoms with Crippen molar-refractivity contribution in [3.05, 3.63) is 76.2 Å². The van der Waals surface area contributed by atoms with Gasteiger partial charge in [0, 0.05) is 17.4 Å². The Labute approximate surface area is 164 Å². The van der Waals surface area contributed by atoms with Crippen LogP contribution < -0.4 is 5.32 Å². The molecule has 0 bridgehead atoms. The predicted octanol–water partition coefficient (Wildman–Crippen LogP) is 5.68. The van der Waals surface area contributed by atoms with Gasteiger partial charge in [0.25, 0.3) is 5.91 Å². The second-order valence-electron chi connectivity index (χ2n) is 6.17. The Bertz CT molecular complexity index is 1030. The summed E-state index contributed by atoms with van der Waals surface area (Å²) in [5.74, 6) is -0.544. The number of rotatable bonds is 3. The number of carbonyl (C=O) groups excluding carboxylic acids is 1. The SMILES string of the molecule is Cc1ccc(NC(=O)c2ccc(C(F)(F)F)nc2C)cc1-c1ccc(Cl)cn1. The molecule has 2 heterocycles. The topological polar surface area (TPSA) is 54.9 Å². The molecule has 0 aliphatic heterocycles. The number of anilines is 1. The molecule has 8 heteroatoms. The van der Waals surface area contributed by atoms with E-state index >= 15 is 0 Å². The van der Waals surface area contributed by atoms with Crippen LogP contribution in [-0.2, 0) is 6.18 Å². The highest BCUT2D eigenvalue weighted by Crippen LogP contribution is 2.29. The summed E-state index contributed by atoms with van der Waals surface area (Å²) in [6.45, 7) is 3.27. The molecule has 0 saturated carbocycles. The lowest BCUT2D eigenvalue weighted by atomic mass is 10.0. The molecule has 0 radical (unpaired) electrons.